The molecule has 0 saturated carbocycles. The van der Waals surface area contributed by atoms with Crippen molar-refractivity contribution in [3.05, 3.63) is 82.8 Å². The molecule has 1 N–H and O–H groups in total. The maximum absolute atomic E-state index is 13.5. The molecule has 0 aliphatic heterocycles. The van der Waals surface area contributed by atoms with E-state index < -0.39 is 11.7 Å². The van der Waals surface area contributed by atoms with Gasteiger partial charge in [-0.15, -0.1) is 0 Å². The van der Waals surface area contributed by atoms with Gasteiger partial charge in [-0.05, 0) is 17.7 Å². The van der Waals surface area contributed by atoms with Gasteiger partial charge in [0.15, 0.2) is 5.69 Å². The molecule has 0 unspecified atom stereocenters. The molecule has 2 aromatic heterocycles. The van der Waals surface area contributed by atoms with E-state index in [-0.39, 0.29) is 40.4 Å². The molecule has 0 aliphatic rings. The number of aromatic nitrogens is 4. The van der Waals surface area contributed by atoms with Gasteiger partial charge in [0.2, 0.25) is 0 Å². The van der Waals surface area contributed by atoms with Crippen molar-refractivity contribution in [1.82, 2.24) is 19.9 Å². The fourth-order valence-electron chi connectivity index (χ4n) is 3.02. The van der Waals surface area contributed by atoms with Crippen molar-refractivity contribution in [3.63, 3.8) is 0 Å². The van der Waals surface area contributed by atoms with Crippen molar-refractivity contribution < 1.29 is 17.9 Å². The van der Waals surface area contributed by atoms with Gasteiger partial charge in [-0.25, -0.2) is 15.0 Å². The average molecular weight is 456 g/mol. The molecule has 0 aliphatic carbocycles. The summed E-state index contributed by atoms with van der Waals surface area (Å²) < 4.78 is 45.9. The van der Waals surface area contributed by atoms with Gasteiger partial charge in [-0.2, -0.15) is 18.4 Å². The molecule has 4 aromatic rings. The van der Waals surface area contributed by atoms with E-state index in [1.165, 1.54) is 24.5 Å². The predicted molar refractivity (Wildman–Crippen MR) is 111 cm³/mol. The fourth-order valence-corrected chi connectivity index (χ4v) is 3.29. The normalized spacial score (nSPS) is 11.2. The minimum Gasteiger partial charge on any atom is -0.459 e. The number of hydrogen-bond acceptors (Lipinski definition) is 5. The summed E-state index contributed by atoms with van der Waals surface area (Å²) in [7, 11) is 0. The standard InChI is InChI=1S/C22H13ClF3N5O/c23-16-8-4-7-15(22(24,25)26)18(16)20-30-17(9-27)19(31-20)14-10-28-21(29-11-14)32-12-13-5-2-1-3-6-13/h1-8,10-11H,12H2,(H,30,31). The Hall–Kier alpha value is -3.90. The molecule has 0 amide bonds. The summed E-state index contributed by atoms with van der Waals surface area (Å²) in [5.74, 6) is -0.182. The highest BCUT2D eigenvalue weighted by Gasteiger charge is 2.35. The largest absolute Gasteiger partial charge is 0.459 e. The second-order valence-electron chi connectivity index (χ2n) is 6.61. The molecule has 0 spiro atoms. The van der Waals surface area contributed by atoms with Crippen LogP contribution in [0.4, 0.5) is 13.2 Å². The summed E-state index contributed by atoms with van der Waals surface area (Å²) in [6, 6.07) is 14.8. The molecule has 2 aromatic carbocycles. The minimum absolute atomic E-state index is 0.112. The minimum atomic E-state index is -4.65. The van der Waals surface area contributed by atoms with Crippen LogP contribution >= 0.6 is 11.6 Å². The first-order valence-corrected chi connectivity index (χ1v) is 9.60. The molecule has 0 atom stereocenters. The summed E-state index contributed by atoms with van der Waals surface area (Å²) in [5, 5.41) is 9.30. The molecule has 0 radical (unpaired) electrons. The van der Waals surface area contributed by atoms with Crippen LogP contribution in [-0.2, 0) is 12.8 Å². The number of rotatable bonds is 5. The number of nitriles is 1. The molecule has 0 fully saturated rings. The third-order valence-corrected chi connectivity index (χ3v) is 4.81. The van der Waals surface area contributed by atoms with Gasteiger partial charge in [-0.1, -0.05) is 48.0 Å². The first-order valence-electron chi connectivity index (χ1n) is 9.22. The molecule has 10 heteroatoms. The van der Waals surface area contributed by atoms with Crippen LogP contribution < -0.4 is 4.74 Å². The smallest absolute Gasteiger partial charge is 0.417 e. The lowest BCUT2D eigenvalue weighted by Gasteiger charge is -2.12. The van der Waals surface area contributed by atoms with Crippen LogP contribution in [0, 0.1) is 11.3 Å². The highest BCUT2D eigenvalue weighted by molar-refractivity contribution is 6.33. The Labute approximate surface area is 185 Å². The molecule has 6 nitrogen and oxygen atoms in total. The second-order valence-corrected chi connectivity index (χ2v) is 7.02. The van der Waals surface area contributed by atoms with E-state index in [0.717, 1.165) is 11.6 Å². The molecular formula is C22H13ClF3N5O. The van der Waals surface area contributed by atoms with E-state index in [1.54, 1.807) is 0 Å². The number of ether oxygens (including phenoxy) is 1. The van der Waals surface area contributed by atoms with E-state index in [4.69, 9.17) is 16.3 Å². The molecule has 4 rings (SSSR count). The number of hydrogen-bond donors (Lipinski definition) is 1. The topological polar surface area (TPSA) is 87.5 Å². The van der Waals surface area contributed by atoms with Crippen LogP contribution in [0.5, 0.6) is 6.01 Å². The van der Waals surface area contributed by atoms with E-state index >= 15 is 0 Å². The molecule has 32 heavy (non-hydrogen) atoms. The highest BCUT2D eigenvalue weighted by Crippen LogP contribution is 2.40. The first-order chi connectivity index (χ1) is 15.4. The number of nitrogens with zero attached hydrogens (tertiary/aromatic N) is 4. The lowest BCUT2D eigenvalue weighted by atomic mass is 10.1. The van der Waals surface area contributed by atoms with Crippen LogP contribution in [0.2, 0.25) is 5.02 Å². The highest BCUT2D eigenvalue weighted by atomic mass is 35.5. The maximum Gasteiger partial charge on any atom is 0.417 e. The van der Waals surface area contributed by atoms with Gasteiger partial charge >= 0.3 is 12.2 Å². The molecule has 2 heterocycles. The third kappa shape index (κ3) is 4.40. The lowest BCUT2D eigenvalue weighted by Crippen LogP contribution is -2.08. The molecular weight excluding hydrogens is 443 g/mol. The Morgan fingerprint density at radius 3 is 2.41 bits per heavy atom. The van der Waals surface area contributed by atoms with Crippen LogP contribution in [0.1, 0.15) is 16.8 Å². The van der Waals surface area contributed by atoms with Crippen LogP contribution in [0.3, 0.4) is 0 Å². The van der Waals surface area contributed by atoms with Gasteiger partial charge in [0.25, 0.3) is 0 Å². The van der Waals surface area contributed by atoms with Gasteiger partial charge in [0.1, 0.15) is 18.5 Å². The number of halogens is 4. The number of benzene rings is 2. The van der Waals surface area contributed by atoms with E-state index in [0.29, 0.717) is 5.56 Å². The number of alkyl halides is 3. The quantitative estimate of drug-likeness (QED) is 0.419. The van der Waals surface area contributed by atoms with Crippen molar-refractivity contribution in [3.8, 4) is 34.7 Å². The summed E-state index contributed by atoms with van der Waals surface area (Å²) >= 11 is 6.04. The van der Waals surface area contributed by atoms with E-state index in [1.807, 2.05) is 36.4 Å². The van der Waals surface area contributed by atoms with E-state index in [2.05, 4.69) is 19.9 Å². The van der Waals surface area contributed by atoms with Gasteiger partial charge in [0, 0.05) is 23.5 Å². The van der Waals surface area contributed by atoms with Crippen molar-refractivity contribution in [1.29, 1.82) is 5.26 Å². The van der Waals surface area contributed by atoms with Crippen molar-refractivity contribution >= 4 is 11.6 Å². The van der Waals surface area contributed by atoms with Crippen molar-refractivity contribution in [2.45, 2.75) is 12.8 Å². The SMILES string of the molecule is N#Cc1nc(-c2c(Cl)cccc2C(F)(F)F)[nH]c1-c1cnc(OCc2ccccc2)nc1. The Morgan fingerprint density at radius 1 is 1.03 bits per heavy atom. The fraction of sp³-hybridized carbons (Fsp3) is 0.0909. The molecule has 0 bridgehead atoms. The average Bonchev–Trinajstić information content (AvgIpc) is 3.22. The Kier molecular flexibility index (Phi) is 5.79. The van der Waals surface area contributed by atoms with Crippen LogP contribution in [0.15, 0.2) is 60.9 Å². The zero-order valence-corrected chi connectivity index (χ0v) is 16.9. The number of imidazole rings is 1. The summed E-state index contributed by atoms with van der Waals surface area (Å²) in [4.78, 5) is 15.0. The van der Waals surface area contributed by atoms with Crippen LogP contribution in [-0.4, -0.2) is 19.9 Å². The number of H-pyrrole nitrogens is 1. The van der Waals surface area contributed by atoms with Crippen LogP contribution in [0.25, 0.3) is 22.6 Å². The van der Waals surface area contributed by atoms with Gasteiger partial charge in [-0.3, -0.25) is 0 Å². The zero-order valence-electron chi connectivity index (χ0n) is 16.2. The van der Waals surface area contributed by atoms with Crippen molar-refractivity contribution in [2.75, 3.05) is 0 Å². The summed E-state index contributed by atoms with van der Waals surface area (Å²) in [6.45, 7) is 0.268. The predicted octanol–water partition coefficient (Wildman–Crippen LogP) is 5.66. The molecule has 160 valence electrons. The zero-order chi connectivity index (χ0) is 22.7. The molecule has 0 saturated heterocycles. The Morgan fingerprint density at radius 2 is 1.75 bits per heavy atom. The maximum atomic E-state index is 13.5. The third-order valence-electron chi connectivity index (χ3n) is 4.49. The Bertz CT molecular complexity index is 1280. The summed E-state index contributed by atoms with van der Waals surface area (Å²) in [5.41, 5.74) is 0.0435. The monoisotopic (exact) mass is 455 g/mol. The summed E-state index contributed by atoms with van der Waals surface area (Å²) in [6.07, 6.45) is -1.87. The second kappa shape index (κ2) is 8.69. The van der Waals surface area contributed by atoms with Crippen molar-refractivity contribution in [2.24, 2.45) is 0 Å². The number of aromatic amines is 1. The Balaban J connectivity index is 1.65. The van der Waals surface area contributed by atoms with Gasteiger partial charge in [0.05, 0.1) is 16.3 Å². The van der Waals surface area contributed by atoms with E-state index in [9.17, 15) is 18.4 Å². The first kappa shape index (κ1) is 21.3. The lowest BCUT2D eigenvalue weighted by molar-refractivity contribution is -0.137. The number of nitrogens with one attached hydrogen (secondary N) is 1. The van der Waals surface area contributed by atoms with Gasteiger partial charge < -0.3 is 9.72 Å².